The Morgan fingerprint density at radius 2 is 1.92 bits per heavy atom. The van der Waals surface area contributed by atoms with Crippen LogP contribution in [0.5, 0.6) is 0 Å². The molecular weight excluding hydrogens is 320 g/mol. The Labute approximate surface area is 146 Å². The molecule has 124 valence electrons. The van der Waals surface area contributed by atoms with E-state index in [9.17, 15) is 9.59 Å². The molecule has 1 aliphatic heterocycles. The van der Waals surface area contributed by atoms with Gasteiger partial charge in [-0.15, -0.1) is 11.8 Å². The van der Waals surface area contributed by atoms with E-state index in [0.717, 1.165) is 22.5 Å². The minimum absolute atomic E-state index is 0.0290. The highest BCUT2D eigenvalue weighted by molar-refractivity contribution is 8.00. The van der Waals surface area contributed by atoms with Crippen molar-refractivity contribution in [2.24, 2.45) is 0 Å². The van der Waals surface area contributed by atoms with Crippen LogP contribution in [0.2, 0.25) is 0 Å². The average molecular weight is 340 g/mol. The van der Waals surface area contributed by atoms with Crippen molar-refractivity contribution >= 4 is 35.0 Å². The van der Waals surface area contributed by atoms with Gasteiger partial charge in [0.25, 0.3) is 0 Å². The molecule has 2 amide bonds. The Balaban J connectivity index is 1.97. The fourth-order valence-corrected chi connectivity index (χ4v) is 3.92. The first-order valence-electron chi connectivity index (χ1n) is 7.99. The molecule has 1 saturated heterocycles. The summed E-state index contributed by atoms with van der Waals surface area (Å²) in [5, 5.41) is 2.81. The van der Waals surface area contributed by atoms with E-state index in [-0.39, 0.29) is 17.2 Å². The molecule has 3 rings (SSSR count). The molecule has 0 spiro atoms. The molecule has 0 bridgehead atoms. The molecule has 2 aromatic rings. The number of benzene rings is 2. The van der Waals surface area contributed by atoms with Crippen molar-refractivity contribution in [2.75, 3.05) is 16.0 Å². The first-order chi connectivity index (χ1) is 11.6. The zero-order valence-corrected chi connectivity index (χ0v) is 14.6. The largest absolute Gasteiger partial charge is 0.326 e. The van der Waals surface area contributed by atoms with Gasteiger partial charge in [0.15, 0.2) is 0 Å². The molecule has 1 heterocycles. The number of rotatable bonds is 4. The molecule has 1 unspecified atom stereocenters. The molecule has 1 atom stereocenters. The van der Waals surface area contributed by atoms with Gasteiger partial charge >= 0.3 is 0 Å². The van der Waals surface area contributed by atoms with Crippen LogP contribution in [0.1, 0.15) is 29.8 Å². The number of para-hydroxylation sites is 1. The van der Waals surface area contributed by atoms with Gasteiger partial charge in [-0.1, -0.05) is 42.8 Å². The van der Waals surface area contributed by atoms with Crippen molar-refractivity contribution < 1.29 is 9.59 Å². The zero-order chi connectivity index (χ0) is 17.1. The van der Waals surface area contributed by atoms with E-state index in [2.05, 4.69) is 5.32 Å². The molecule has 4 nitrogen and oxygen atoms in total. The number of amides is 2. The minimum Gasteiger partial charge on any atom is -0.326 e. The predicted molar refractivity (Wildman–Crippen MR) is 99.2 cm³/mol. The summed E-state index contributed by atoms with van der Waals surface area (Å²) in [6.07, 6.45) is 0.423. The maximum atomic E-state index is 12.5. The van der Waals surface area contributed by atoms with Crippen LogP contribution >= 0.6 is 11.8 Å². The van der Waals surface area contributed by atoms with Crippen molar-refractivity contribution in [1.82, 2.24) is 0 Å². The van der Waals surface area contributed by atoms with Gasteiger partial charge in [-0.3, -0.25) is 14.5 Å². The number of thioether (sulfide) groups is 1. The summed E-state index contributed by atoms with van der Waals surface area (Å²) in [6.45, 7) is 3.85. The van der Waals surface area contributed by atoms with Gasteiger partial charge in [-0.2, -0.15) is 0 Å². The number of carbonyl (C=O) groups is 2. The maximum absolute atomic E-state index is 12.5. The second-order valence-corrected chi connectivity index (χ2v) is 6.82. The lowest BCUT2D eigenvalue weighted by atomic mass is 10.1. The highest BCUT2D eigenvalue weighted by atomic mass is 32.2. The quantitative estimate of drug-likeness (QED) is 0.911. The molecule has 2 aromatic carbocycles. The van der Waals surface area contributed by atoms with Crippen LogP contribution in [0.25, 0.3) is 0 Å². The fraction of sp³-hybridized carbons (Fsp3) is 0.263. The van der Waals surface area contributed by atoms with Crippen LogP contribution in [-0.2, 0) is 9.59 Å². The van der Waals surface area contributed by atoms with Gasteiger partial charge in [0.1, 0.15) is 5.37 Å². The van der Waals surface area contributed by atoms with Crippen molar-refractivity contribution in [2.45, 2.75) is 25.6 Å². The van der Waals surface area contributed by atoms with Crippen LogP contribution in [0.4, 0.5) is 11.4 Å². The molecule has 1 aliphatic rings. The third kappa shape index (κ3) is 3.31. The molecule has 0 radical (unpaired) electrons. The molecule has 1 N–H and O–H groups in total. The topological polar surface area (TPSA) is 49.4 Å². The number of hydrogen-bond donors (Lipinski definition) is 1. The minimum atomic E-state index is -0.131. The summed E-state index contributed by atoms with van der Waals surface area (Å²) >= 11 is 1.58. The highest BCUT2D eigenvalue weighted by Gasteiger charge is 2.35. The zero-order valence-electron chi connectivity index (χ0n) is 13.8. The van der Waals surface area contributed by atoms with Crippen molar-refractivity contribution in [1.29, 1.82) is 0 Å². The average Bonchev–Trinajstić information content (AvgIpc) is 2.97. The maximum Gasteiger partial charge on any atom is 0.238 e. The second kappa shape index (κ2) is 7.09. The SMILES string of the molecule is CCC(=O)Nc1ccccc1C1SCC(=O)N1c1ccc(C)cc1. The third-order valence-corrected chi connectivity index (χ3v) is 5.20. The van der Waals surface area contributed by atoms with Crippen LogP contribution in [0.15, 0.2) is 48.5 Å². The third-order valence-electron chi connectivity index (χ3n) is 4.00. The van der Waals surface area contributed by atoms with E-state index in [4.69, 9.17) is 0 Å². The van der Waals surface area contributed by atoms with Gasteiger partial charge in [0.05, 0.1) is 5.75 Å². The van der Waals surface area contributed by atoms with Gasteiger partial charge in [0, 0.05) is 23.4 Å². The highest BCUT2D eigenvalue weighted by Crippen LogP contribution is 2.44. The standard InChI is InChI=1S/C19H20N2O2S/c1-3-17(22)20-16-7-5-4-6-15(16)19-21(18(23)12-24-19)14-10-8-13(2)9-11-14/h4-11,19H,3,12H2,1-2H3,(H,20,22). The smallest absolute Gasteiger partial charge is 0.238 e. The molecule has 0 saturated carbocycles. The first kappa shape index (κ1) is 16.6. The van der Waals surface area contributed by atoms with Crippen LogP contribution in [0, 0.1) is 6.92 Å². The van der Waals surface area contributed by atoms with Gasteiger partial charge < -0.3 is 5.32 Å². The molecular formula is C19H20N2O2S. The monoisotopic (exact) mass is 340 g/mol. The van der Waals surface area contributed by atoms with Gasteiger partial charge in [-0.05, 0) is 25.1 Å². The number of carbonyl (C=O) groups excluding carboxylic acids is 2. The van der Waals surface area contributed by atoms with E-state index in [1.807, 2.05) is 67.3 Å². The molecule has 24 heavy (non-hydrogen) atoms. The summed E-state index contributed by atoms with van der Waals surface area (Å²) in [4.78, 5) is 26.1. The molecule has 0 aromatic heterocycles. The fourth-order valence-electron chi connectivity index (χ4n) is 2.70. The summed E-state index contributed by atoms with van der Waals surface area (Å²) in [6, 6.07) is 15.7. The van der Waals surface area contributed by atoms with Gasteiger partial charge in [-0.25, -0.2) is 0 Å². The summed E-state index contributed by atoms with van der Waals surface area (Å²) in [5.74, 6) is 0.498. The van der Waals surface area contributed by atoms with E-state index in [0.29, 0.717) is 12.2 Å². The lowest BCUT2D eigenvalue weighted by Crippen LogP contribution is -2.28. The Bertz CT molecular complexity index is 758. The molecule has 0 aliphatic carbocycles. The summed E-state index contributed by atoms with van der Waals surface area (Å²) < 4.78 is 0. The molecule has 1 fully saturated rings. The van der Waals surface area contributed by atoms with Crippen molar-refractivity contribution in [3.05, 3.63) is 59.7 Å². The van der Waals surface area contributed by atoms with Crippen LogP contribution in [-0.4, -0.2) is 17.6 Å². The number of aryl methyl sites for hydroxylation is 1. The van der Waals surface area contributed by atoms with Crippen LogP contribution < -0.4 is 10.2 Å². The van der Waals surface area contributed by atoms with E-state index < -0.39 is 0 Å². The number of anilines is 2. The number of nitrogens with one attached hydrogen (secondary N) is 1. The summed E-state index contributed by atoms with van der Waals surface area (Å²) in [7, 11) is 0. The van der Waals surface area contributed by atoms with Crippen molar-refractivity contribution in [3.8, 4) is 0 Å². The van der Waals surface area contributed by atoms with Gasteiger partial charge in [0.2, 0.25) is 11.8 Å². The van der Waals surface area contributed by atoms with E-state index in [1.54, 1.807) is 11.8 Å². The molecule has 5 heteroatoms. The first-order valence-corrected chi connectivity index (χ1v) is 9.04. The predicted octanol–water partition coefficient (Wildman–Crippen LogP) is 4.12. The van der Waals surface area contributed by atoms with E-state index in [1.165, 1.54) is 0 Å². The van der Waals surface area contributed by atoms with Crippen LogP contribution in [0.3, 0.4) is 0 Å². The Hall–Kier alpha value is -2.27. The number of hydrogen-bond acceptors (Lipinski definition) is 3. The second-order valence-electron chi connectivity index (χ2n) is 5.75. The lowest BCUT2D eigenvalue weighted by Gasteiger charge is -2.26. The Morgan fingerprint density at radius 1 is 1.21 bits per heavy atom. The normalized spacial score (nSPS) is 17.2. The lowest BCUT2D eigenvalue weighted by molar-refractivity contribution is -0.116. The summed E-state index contributed by atoms with van der Waals surface area (Å²) in [5.41, 5.74) is 3.77. The van der Waals surface area contributed by atoms with Crippen molar-refractivity contribution in [3.63, 3.8) is 0 Å². The Morgan fingerprint density at radius 3 is 2.62 bits per heavy atom. The Kier molecular flexibility index (Phi) is 4.90. The number of nitrogens with zero attached hydrogens (tertiary/aromatic N) is 1. The van der Waals surface area contributed by atoms with E-state index >= 15 is 0 Å².